The Morgan fingerprint density at radius 3 is 1.32 bits per heavy atom. The summed E-state index contributed by atoms with van der Waals surface area (Å²) in [4.78, 5) is 0. The van der Waals surface area contributed by atoms with Gasteiger partial charge in [-0.1, -0.05) is 73.1 Å². The molecule has 1 heteroatoms. The maximum absolute atomic E-state index is 2.39. The molecule has 0 saturated heterocycles. The van der Waals surface area contributed by atoms with Crippen molar-refractivity contribution < 1.29 is 26.2 Å². The van der Waals surface area contributed by atoms with Crippen LogP contribution in [0.2, 0.25) is 0 Å². The Hall–Kier alpha value is 0.883. The summed E-state index contributed by atoms with van der Waals surface area (Å²) in [7, 11) is 0. The fourth-order valence-corrected chi connectivity index (χ4v) is 3.76. The van der Waals surface area contributed by atoms with E-state index in [4.69, 9.17) is 0 Å². The van der Waals surface area contributed by atoms with E-state index in [0.717, 1.165) is 29.6 Å². The molecule has 2 rings (SSSR count). The molecule has 2 fully saturated rings. The van der Waals surface area contributed by atoms with Crippen LogP contribution in [0.25, 0.3) is 0 Å². The third kappa shape index (κ3) is 11.4. The molecule has 0 radical (unpaired) electrons. The smallest absolute Gasteiger partial charge is 0.358 e. The van der Waals surface area contributed by atoms with Gasteiger partial charge in [-0.15, -0.1) is 0 Å². The minimum Gasteiger partial charge on any atom is -0.358 e. The molecule has 0 N–H and O–H groups in total. The van der Waals surface area contributed by atoms with Crippen LogP contribution in [-0.4, -0.2) is 0 Å². The topological polar surface area (TPSA) is 0 Å². The van der Waals surface area contributed by atoms with Gasteiger partial charge in [0.1, 0.15) is 0 Å². The van der Waals surface area contributed by atoms with Crippen molar-refractivity contribution in [2.75, 3.05) is 0 Å². The van der Waals surface area contributed by atoms with Crippen LogP contribution in [0.4, 0.5) is 0 Å². The molecule has 2 saturated carbocycles. The zero-order valence-corrected chi connectivity index (χ0v) is 19.8. The van der Waals surface area contributed by atoms with Crippen molar-refractivity contribution in [1.29, 1.82) is 0 Å². The van der Waals surface area contributed by atoms with Gasteiger partial charge in [0, 0.05) is 0 Å². The van der Waals surface area contributed by atoms with Crippen LogP contribution in [0.15, 0.2) is 0 Å². The van der Waals surface area contributed by atoms with Gasteiger partial charge in [0.15, 0.2) is 0 Å². The summed E-state index contributed by atoms with van der Waals surface area (Å²) in [6.45, 7) is 11.8. The summed E-state index contributed by atoms with van der Waals surface area (Å²) in [5.74, 6) is 4.96. The van der Waals surface area contributed by atoms with Gasteiger partial charge >= 0.3 is 26.2 Å². The molecule has 0 bridgehead atoms. The molecule has 22 heavy (non-hydrogen) atoms. The molecule has 0 heterocycles. The van der Waals surface area contributed by atoms with E-state index >= 15 is 0 Å². The van der Waals surface area contributed by atoms with E-state index in [-0.39, 0.29) is 55.9 Å². The number of rotatable bonds is 2. The van der Waals surface area contributed by atoms with E-state index in [9.17, 15) is 0 Å². The van der Waals surface area contributed by atoms with E-state index in [1.165, 1.54) is 44.9 Å². The standard InChI is InChI=1S/C9H18.C8H16.4CH3.Zr/c1-6-5-7(2)9(4)8(6)3;1-2-5-8-6-3-4-7-8;;;;;/h6-9H,5H2,1-4H3;8H,2-7H2,1H3;4*1H3;/q;;4*-1;+4. The average Bonchev–Trinajstić information content (AvgIpc) is 2.87. The Labute approximate surface area is 164 Å². The fraction of sp³-hybridized carbons (Fsp3) is 0.810. The second-order valence-electron chi connectivity index (χ2n) is 6.85. The molecule has 4 unspecified atom stereocenters. The summed E-state index contributed by atoms with van der Waals surface area (Å²) in [6.07, 6.45) is 10.4. The SMILES string of the molecule is CC1CC(C)C(C)C1C.CCCC1CCCC1.[CH3-].[CH3-].[CH3-].[CH3-].[Zr+4]. The van der Waals surface area contributed by atoms with Gasteiger partial charge < -0.3 is 29.7 Å². The first-order valence-corrected chi connectivity index (χ1v) is 8.06. The third-order valence-corrected chi connectivity index (χ3v) is 5.54. The summed E-state index contributed by atoms with van der Waals surface area (Å²) in [5.41, 5.74) is 0. The quantitative estimate of drug-likeness (QED) is 0.424. The summed E-state index contributed by atoms with van der Waals surface area (Å²) in [5, 5.41) is 0. The van der Waals surface area contributed by atoms with Crippen molar-refractivity contribution in [1.82, 2.24) is 0 Å². The van der Waals surface area contributed by atoms with E-state index in [0.29, 0.717) is 0 Å². The van der Waals surface area contributed by atoms with Gasteiger partial charge in [0.05, 0.1) is 0 Å². The van der Waals surface area contributed by atoms with Crippen molar-refractivity contribution in [3.63, 3.8) is 0 Å². The molecule has 2 aliphatic rings. The fourth-order valence-electron chi connectivity index (χ4n) is 3.76. The first-order chi connectivity index (χ1) is 8.06. The van der Waals surface area contributed by atoms with Gasteiger partial charge in [0.25, 0.3) is 0 Å². The van der Waals surface area contributed by atoms with Gasteiger partial charge in [0.2, 0.25) is 0 Å². The van der Waals surface area contributed by atoms with Gasteiger partial charge in [-0.2, -0.15) is 0 Å². The van der Waals surface area contributed by atoms with Crippen molar-refractivity contribution in [2.45, 2.75) is 79.6 Å². The average molecular weight is 390 g/mol. The zero-order valence-electron chi connectivity index (χ0n) is 17.3. The first-order valence-electron chi connectivity index (χ1n) is 8.06. The number of hydrogen-bond acceptors (Lipinski definition) is 0. The largest absolute Gasteiger partial charge is 4.00 e. The normalized spacial score (nSPS) is 29.3. The minimum absolute atomic E-state index is 0. The molecule has 2 aliphatic carbocycles. The monoisotopic (exact) mass is 388 g/mol. The third-order valence-electron chi connectivity index (χ3n) is 5.54. The molecular weight excluding hydrogens is 343 g/mol. The van der Waals surface area contributed by atoms with Crippen LogP contribution in [-0.2, 0) is 26.2 Å². The summed E-state index contributed by atoms with van der Waals surface area (Å²) >= 11 is 0. The maximum Gasteiger partial charge on any atom is 4.00 e. The molecule has 0 aromatic heterocycles. The molecule has 0 aromatic rings. The van der Waals surface area contributed by atoms with Crippen molar-refractivity contribution in [3.05, 3.63) is 29.7 Å². The van der Waals surface area contributed by atoms with Crippen LogP contribution in [0.5, 0.6) is 0 Å². The van der Waals surface area contributed by atoms with Gasteiger partial charge in [-0.3, -0.25) is 0 Å². The Bertz CT molecular complexity index is 184. The Morgan fingerprint density at radius 1 is 0.727 bits per heavy atom. The molecular formula is C21H46Zr. The molecule has 0 nitrogen and oxygen atoms in total. The summed E-state index contributed by atoms with van der Waals surface area (Å²) in [6, 6.07) is 0. The van der Waals surface area contributed by atoms with Crippen LogP contribution in [0, 0.1) is 59.3 Å². The van der Waals surface area contributed by atoms with Gasteiger partial charge in [-0.05, 0) is 36.0 Å². The maximum atomic E-state index is 2.39. The molecule has 0 aliphatic heterocycles. The molecule has 134 valence electrons. The van der Waals surface area contributed by atoms with Crippen LogP contribution in [0.3, 0.4) is 0 Å². The minimum atomic E-state index is 0. The molecule has 0 aromatic carbocycles. The number of hydrogen-bond donors (Lipinski definition) is 0. The molecule has 0 amide bonds. The van der Waals surface area contributed by atoms with Crippen molar-refractivity contribution in [3.8, 4) is 0 Å². The van der Waals surface area contributed by atoms with Crippen LogP contribution < -0.4 is 0 Å². The van der Waals surface area contributed by atoms with Crippen LogP contribution in [0.1, 0.15) is 79.6 Å². The van der Waals surface area contributed by atoms with E-state index < -0.39 is 0 Å². The Balaban J connectivity index is -0.0000000716. The van der Waals surface area contributed by atoms with Crippen LogP contribution >= 0.6 is 0 Å². The van der Waals surface area contributed by atoms with E-state index in [1.807, 2.05) is 0 Å². The van der Waals surface area contributed by atoms with E-state index in [2.05, 4.69) is 34.6 Å². The first kappa shape index (κ1) is 34.3. The Kier molecular flexibility index (Phi) is 28.4. The second kappa shape index (κ2) is 18.2. The van der Waals surface area contributed by atoms with Crippen molar-refractivity contribution in [2.24, 2.45) is 29.6 Å². The predicted molar refractivity (Wildman–Crippen MR) is 104 cm³/mol. The molecule has 4 atom stereocenters. The second-order valence-corrected chi connectivity index (χ2v) is 6.85. The molecule has 0 spiro atoms. The zero-order chi connectivity index (χ0) is 12.8. The summed E-state index contributed by atoms with van der Waals surface area (Å²) < 4.78 is 0. The van der Waals surface area contributed by atoms with Gasteiger partial charge in [-0.25, -0.2) is 0 Å². The Morgan fingerprint density at radius 2 is 1.09 bits per heavy atom. The predicted octanol–water partition coefficient (Wildman–Crippen LogP) is 7.71. The van der Waals surface area contributed by atoms with Crippen molar-refractivity contribution >= 4 is 0 Å². The van der Waals surface area contributed by atoms with E-state index in [1.54, 1.807) is 0 Å².